The number of aliphatic imine (C=N–C) groups is 1. The van der Waals surface area contributed by atoms with Crippen LogP contribution < -0.4 is 4.74 Å². The molecule has 0 unspecified atom stereocenters. The molecule has 0 aliphatic rings. The number of carbonyl (C=O) groups is 1. The molecule has 3 rings (SSSR count). The van der Waals surface area contributed by atoms with Crippen LogP contribution in [0.2, 0.25) is 5.02 Å². The Labute approximate surface area is 170 Å². The van der Waals surface area contributed by atoms with Crippen LogP contribution in [-0.4, -0.2) is 12.2 Å². The summed E-state index contributed by atoms with van der Waals surface area (Å²) in [5.74, 6) is 0.105. The summed E-state index contributed by atoms with van der Waals surface area (Å²) in [6.07, 6.45) is 1.76. The number of halogens is 1. The molecule has 0 saturated carbocycles. The van der Waals surface area contributed by atoms with Gasteiger partial charge in [-0.25, -0.2) is 4.79 Å². The molecule has 28 heavy (non-hydrogen) atoms. The van der Waals surface area contributed by atoms with E-state index in [4.69, 9.17) is 16.3 Å². The highest BCUT2D eigenvalue weighted by Gasteiger charge is 2.15. The standard InChI is InChI=1S/C24H22ClNO2/c1-24(2,3)19-8-6-18(7-9-19)23(27)28-22-14-12-21(13-15-22)26-16-17-4-10-20(25)11-5-17/h4-16H,1-3H3. The second-order valence-electron chi connectivity index (χ2n) is 7.52. The molecule has 0 aliphatic carbocycles. The van der Waals surface area contributed by atoms with Crippen LogP contribution in [0, 0.1) is 0 Å². The van der Waals surface area contributed by atoms with Gasteiger partial charge in [0, 0.05) is 11.2 Å². The number of hydrogen-bond donors (Lipinski definition) is 0. The minimum Gasteiger partial charge on any atom is -0.423 e. The second-order valence-corrected chi connectivity index (χ2v) is 7.96. The molecule has 3 nitrogen and oxygen atoms in total. The quantitative estimate of drug-likeness (QED) is 0.285. The Morgan fingerprint density at radius 2 is 1.50 bits per heavy atom. The van der Waals surface area contributed by atoms with Crippen LogP contribution in [0.1, 0.15) is 42.3 Å². The van der Waals surface area contributed by atoms with Crippen LogP contribution in [0.3, 0.4) is 0 Å². The van der Waals surface area contributed by atoms with Gasteiger partial charge >= 0.3 is 5.97 Å². The van der Waals surface area contributed by atoms with Gasteiger partial charge in [-0.1, -0.05) is 56.6 Å². The van der Waals surface area contributed by atoms with E-state index in [2.05, 4.69) is 25.8 Å². The van der Waals surface area contributed by atoms with Gasteiger partial charge in [-0.05, 0) is 65.1 Å². The van der Waals surface area contributed by atoms with Gasteiger partial charge in [0.15, 0.2) is 0 Å². The van der Waals surface area contributed by atoms with E-state index in [-0.39, 0.29) is 11.4 Å². The molecule has 0 aromatic heterocycles. The van der Waals surface area contributed by atoms with E-state index in [1.807, 2.05) is 36.4 Å². The van der Waals surface area contributed by atoms with Crippen molar-refractivity contribution in [2.75, 3.05) is 0 Å². The molecule has 0 heterocycles. The van der Waals surface area contributed by atoms with Crippen molar-refractivity contribution in [3.63, 3.8) is 0 Å². The maximum atomic E-state index is 12.3. The minimum absolute atomic E-state index is 0.0464. The fourth-order valence-electron chi connectivity index (χ4n) is 2.57. The van der Waals surface area contributed by atoms with Crippen molar-refractivity contribution in [2.24, 2.45) is 4.99 Å². The first kappa shape index (κ1) is 19.8. The van der Waals surface area contributed by atoms with Crippen molar-refractivity contribution in [3.8, 4) is 5.75 Å². The van der Waals surface area contributed by atoms with Crippen molar-refractivity contribution in [1.29, 1.82) is 0 Å². The van der Waals surface area contributed by atoms with Crippen LogP contribution in [0.25, 0.3) is 0 Å². The minimum atomic E-state index is -0.377. The lowest BCUT2D eigenvalue weighted by atomic mass is 9.87. The number of nitrogens with zero attached hydrogens (tertiary/aromatic N) is 1. The monoisotopic (exact) mass is 391 g/mol. The van der Waals surface area contributed by atoms with Crippen molar-refractivity contribution in [2.45, 2.75) is 26.2 Å². The Bertz CT molecular complexity index is 967. The lowest BCUT2D eigenvalue weighted by Gasteiger charge is -2.18. The van der Waals surface area contributed by atoms with E-state index in [9.17, 15) is 4.79 Å². The highest BCUT2D eigenvalue weighted by Crippen LogP contribution is 2.23. The molecule has 0 bridgehead atoms. The highest BCUT2D eigenvalue weighted by atomic mass is 35.5. The maximum Gasteiger partial charge on any atom is 0.343 e. The van der Waals surface area contributed by atoms with Gasteiger partial charge in [0.2, 0.25) is 0 Å². The molecule has 0 fully saturated rings. The third-order valence-corrected chi connectivity index (χ3v) is 4.52. The zero-order valence-corrected chi connectivity index (χ0v) is 16.9. The van der Waals surface area contributed by atoms with Crippen molar-refractivity contribution < 1.29 is 9.53 Å². The van der Waals surface area contributed by atoms with Crippen molar-refractivity contribution in [3.05, 3.63) is 94.5 Å². The lowest BCUT2D eigenvalue weighted by Crippen LogP contribution is -2.12. The van der Waals surface area contributed by atoms with Crippen molar-refractivity contribution in [1.82, 2.24) is 0 Å². The SMILES string of the molecule is CC(C)(C)c1ccc(C(=O)Oc2ccc(N=Cc3ccc(Cl)cc3)cc2)cc1. The molecule has 142 valence electrons. The van der Waals surface area contributed by atoms with E-state index >= 15 is 0 Å². The fourth-order valence-corrected chi connectivity index (χ4v) is 2.70. The van der Waals surface area contributed by atoms with Crippen LogP contribution in [0.5, 0.6) is 5.75 Å². The number of carbonyl (C=O) groups excluding carboxylic acids is 1. The average Bonchev–Trinajstić information content (AvgIpc) is 2.68. The van der Waals surface area contributed by atoms with Crippen LogP contribution in [-0.2, 0) is 5.41 Å². The van der Waals surface area contributed by atoms with Crippen LogP contribution >= 0.6 is 11.6 Å². The average molecular weight is 392 g/mol. The molecule has 0 spiro atoms. The Balaban J connectivity index is 1.63. The summed E-state index contributed by atoms with van der Waals surface area (Å²) in [6, 6.07) is 22.0. The van der Waals surface area contributed by atoms with Crippen molar-refractivity contribution >= 4 is 29.5 Å². The predicted octanol–water partition coefficient (Wildman–Crippen LogP) is 6.61. The first-order chi connectivity index (χ1) is 13.3. The molecule has 4 heteroatoms. The molecule has 3 aromatic carbocycles. The Morgan fingerprint density at radius 3 is 2.07 bits per heavy atom. The van der Waals surface area contributed by atoms with Gasteiger partial charge < -0.3 is 4.74 Å². The largest absolute Gasteiger partial charge is 0.423 e. The molecular formula is C24H22ClNO2. The third-order valence-electron chi connectivity index (χ3n) is 4.27. The Morgan fingerprint density at radius 1 is 0.893 bits per heavy atom. The number of rotatable bonds is 4. The topological polar surface area (TPSA) is 38.7 Å². The molecular weight excluding hydrogens is 370 g/mol. The van der Waals surface area contributed by atoms with E-state index in [0.717, 1.165) is 11.3 Å². The van der Waals surface area contributed by atoms with Gasteiger partial charge in [-0.3, -0.25) is 4.99 Å². The highest BCUT2D eigenvalue weighted by molar-refractivity contribution is 6.30. The van der Waals surface area contributed by atoms with E-state index in [1.54, 1.807) is 42.6 Å². The molecule has 0 aliphatic heterocycles. The predicted molar refractivity (Wildman–Crippen MR) is 115 cm³/mol. The van der Waals surface area contributed by atoms with E-state index < -0.39 is 0 Å². The van der Waals surface area contributed by atoms with E-state index in [1.165, 1.54) is 5.56 Å². The normalized spacial score (nSPS) is 11.6. The van der Waals surface area contributed by atoms with Crippen LogP contribution in [0.15, 0.2) is 77.8 Å². The summed E-state index contributed by atoms with van der Waals surface area (Å²) < 4.78 is 5.45. The first-order valence-corrected chi connectivity index (χ1v) is 9.41. The first-order valence-electron chi connectivity index (χ1n) is 9.04. The summed E-state index contributed by atoms with van der Waals surface area (Å²) >= 11 is 5.87. The smallest absolute Gasteiger partial charge is 0.343 e. The number of hydrogen-bond acceptors (Lipinski definition) is 3. The van der Waals surface area contributed by atoms with Gasteiger partial charge in [-0.2, -0.15) is 0 Å². The lowest BCUT2D eigenvalue weighted by molar-refractivity contribution is 0.0734. The molecule has 0 radical (unpaired) electrons. The Hall–Kier alpha value is -2.91. The molecule has 3 aromatic rings. The van der Waals surface area contributed by atoms with Gasteiger partial charge in [0.1, 0.15) is 5.75 Å². The number of ether oxygens (including phenoxy) is 1. The Kier molecular flexibility index (Phi) is 5.96. The summed E-state index contributed by atoms with van der Waals surface area (Å²) in [6.45, 7) is 6.41. The van der Waals surface area contributed by atoms with E-state index in [0.29, 0.717) is 16.3 Å². The van der Waals surface area contributed by atoms with Crippen LogP contribution in [0.4, 0.5) is 5.69 Å². The molecule has 0 N–H and O–H groups in total. The molecule has 0 atom stereocenters. The summed E-state index contributed by atoms with van der Waals surface area (Å²) in [5.41, 5.74) is 3.47. The van der Waals surface area contributed by atoms with Gasteiger partial charge in [-0.15, -0.1) is 0 Å². The number of esters is 1. The fraction of sp³-hybridized carbons (Fsp3) is 0.167. The molecule has 0 saturated heterocycles. The summed E-state index contributed by atoms with van der Waals surface area (Å²) in [4.78, 5) is 16.7. The van der Waals surface area contributed by atoms with Gasteiger partial charge in [0.05, 0.1) is 11.3 Å². The third kappa shape index (κ3) is 5.30. The maximum absolute atomic E-state index is 12.3. The number of benzene rings is 3. The van der Waals surface area contributed by atoms with Gasteiger partial charge in [0.25, 0.3) is 0 Å². The second kappa shape index (κ2) is 8.41. The molecule has 0 amide bonds. The zero-order valence-electron chi connectivity index (χ0n) is 16.1. The summed E-state index contributed by atoms with van der Waals surface area (Å²) in [5, 5.41) is 0.691. The summed E-state index contributed by atoms with van der Waals surface area (Å²) in [7, 11) is 0. The zero-order chi connectivity index (χ0) is 20.1.